The molecule has 0 saturated heterocycles. The van der Waals surface area contributed by atoms with Crippen molar-refractivity contribution in [2.45, 2.75) is 32.9 Å². The first-order chi connectivity index (χ1) is 9.08. The standard InChI is InChI=1S/C16H21NOS/c1-11-4-5-12(2)15(8-11)13(3)17-9-16(18)14-6-7-19-10-14/h4-8,10,13,16-18H,9H2,1-3H3. The van der Waals surface area contributed by atoms with Crippen LogP contribution in [-0.2, 0) is 0 Å². The zero-order chi connectivity index (χ0) is 13.8. The van der Waals surface area contributed by atoms with Gasteiger partial charge in [0.1, 0.15) is 0 Å². The number of aryl methyl sites for hydroxylation is 2. The van der Waals surface area contributed by atoms with Crippen LogP contribution in [-0.4, -0.2) is 11.7 Å². The topological polar surface area (TPSA) is 32.3 Å². The maximum absolute atomic E-state index is 10.1. The zero-order valence-electron chi connectivity index (χ0n) is 11.7. The molecule has 2 rings (SSSR count). The van der Waals surface area contributed by atoms with Crippen LogP contribution in [0.15, 0.2) is 35.0 Å². The van der Waals surface area contributed by atoms with E-state index < -0.39 is 6.10 Å². The van der Waals surface area contributed by atoms with Crippen molar-refractivity contribution in [3.05, 3.63) is 57.3 Å². The third-order valence-electron chi connectivity index (χ3n) is 3.45. The van der Waals surface area contributed by atoms with E-state index >= 15 is 0 Å². The van der Waals surface area contributed by atoms with Crippen LogP contribution in [0.5, 0.6) is 0 Å². The molecule has 2 atom stereocenters. The molecular weight excluding hydrogens is 254 g/mol. The summed E-state index contributed by atoms with van der Waals surface area (Å²) in [6.07, 6.45) is -0.432. The Morgan fingerprint density at radius 2 is 2.05 bits per heavy atom. The van der Waals surface area contributed by atoms with Crippen LogP contribution in [0.25, 0.3) is 0 Å². The fourth-order valence-electron chi connectivity index (χ4n) is 2.21. The highest BCUT2D eigenvalue weighted by atomic mass is 32.1. The highest BCUT2D eigenvalue weighted by molar-refractivity contribution is 7.07. The third-order valence-corrected chi connectivity index (χ3v) is 4.15. The van der Waals surface area contributed by atoms with Gasteiger partial charge < -0.3 is 10.4 Å². The summed E-state index contributed by atoms with van der Waals surface area (Å²) in [4.78, 5) is 0. The summed E-state index contributed by atoms with van der Waals surface area (Å²) < 4.78 is 0. The summed E-state index contributed by atoms with van der Waals surface area (Å²) in [6, 6.07) is 8.71. The highest BCUT2D eigenvalue weighted by Gasteiger charge is 2.12. The number of benzene rings is 1. The lowest BCUT2D eigenvalue weighted by Crippen LogP contribution is -2.25. The van der Waals surface area contributed by atoms with Gasteiger partial charge in [-0.05, 0) is 54.3 Å². The van der Waals surface area contributed by atoms with E-state index in [0.717, 1.165) is 5.56 Å². The molecular formula is C16H21NOS. The van der Waals surface area contributed by atoms with Crippen LogP contribution < -0.4 is 5.32 Å². The first kappa shape index (κ1) is 14.3. The Hall–Kier alpha value is -1.16. The third kappa shape index (κ3) is 3.66. The van der Waals surface area contributed by atoms with Crippen LogP contribution in [0.2, 0.25) is 0 Å². The molecule has 1 aromatic heterocycles. The van der Waals surface area contributed by atoms with Gasteiger partial charge in [0.2, 0.25) is 0 Å². The molecule has 0 bridgehead atoms. The van der Waals surface area contributed by atoms with Crippen LogP contribution in [0.4, 0.5) is 0 Å². The predicted octanol–water partition coefficient (Wildman–Crippen LogP) is 3.75. The van der Waals surface area contributed by atoms with Crippen molar-refractivity contribution >= 4 is 11.3 Å². The Bertz CT molecular complexity index is 522. The summed E-state index contributed by atoms with van der Waals surface area (Å²) in [6.45, 7) is 6.95. The normalized spacial score (nSPS) is 14.3. The molecule has 19 heavy (non-hydrogen) atoms. The van der Waals surface area contributed by atoms with Gasteiger partial charge in [0.15, 0.2) is 0 Å². The lowest BCUT2D eigenvalue weighted by atomic mass is 10.00. The molecule has 2 N–H and O–H groups in total. The number of hydrogen-bond donors (Lipinski definition) is 2. The van der Waals surface area contributed by atoms with Crippen molar-refractivity contribution in [2.75, 3.05) is 6.54 Å². The van der Waals surface area contributed by atoms with Gasteiger partial charge in [-0.2, -0.15) is 11.3 Å². The lowest BCUT2D eigenvalue weighted by Gasteiger charge is -2.19. The number of thiophene rings is 1. The van der Waals surface area contributed by atoms with E-state index in [4.69, 9.17) is 0 Å². The molecule has 0 spiro atoms. The van der Waals surface area contributed by atoms with E-state index in [1.165, 1.54) is 16.7 Å². The summed E-state index contributed by atoms with van der Waals surface area (Å²) in [5, 5.41) is 17.5. The van der Waals surface area contributed by atoms with E-state index in [1.54, 1.807) is 11.3 Å². The average Bonchev–Trinajstić information content (AvgIpc) is 2.92. The summed E-state index contributed by atoms with van der Waals surface area (Å²) in [5.41, 5.74) is 4.85. The maximum Gasteiger partial charge on any atom is 0.0922 e. The van der Waals surface area contributed by atoms with Crippen LogP contribution in [0.3, 0.4) is 0 Å². The van der Waals surface area contributed by atoms with Crippen molar-refractivity contribution in [2.24, 2.45) is 0 Å². The van der Waals surface area contributed by atoms with E-state index in [-0.39, 0.29) is 6.04 Å². The zero-order valence-corrected chi connectivity index (χ0v) is 12.5. The molecule has 2 nitrogen and oxygen atoms in total. The first-order valence-corrected chi connectivity index (χ1v) is 7.53. The van der Waals surface area contributed by atoms with Gasteiger partial charge in [-0.25, -0.2) is 0 Å². The molecule has 1 aromatic carbocycles. The molecule has 0 saturated carbocycles. The Morgan fingerprint density at radius 1 is 1.26 bits per heavy atom. The van der Waals surface area contributed by atoms with E-state index in [0.29, 0.717) is 6.54 Å². The second-order valence-corrected chi connectivity index (χ2v) is 5.84. The second kappa shape index (κ2) is 6.33. The van der Waals surface area contributed by atoms with E-state index in [1.807, 2.05) is 16.8 Å². The fraction of sp³-hybridized carbons (Fsp3) is 0.375. The highest BCUT2D eigenvalue weighted by Crippen LogP contribution is 2.20. The number of hydrogen-bond acceptors (Lipinski definition) is 3. The molecule has 0 aliphatic heterocycles. The molecule has 0 aliphatic rings. The molecule has 102 valence electrons. The molecule has 0 aliphatic carbocycles. The Morgan fingerprint density at radius 3 is 2.74 bits per heavy atom. The van der Waals surface area contributed by atoms with Crippen LogP contribution in [0, 0.1) is 13.8 Å². The Labute approximate surface area is 119 Å². The minimum Gasteiger partial charge on any atom is -0.387 e. The van der Waals surface area contributed by atoms with Gasteiger partial charge in [-0.3, -0.25) is 0 Å². The maximum atomic E-state index is 10.1. The van der Waals surface area contributed by atoms with Gasteiger partial charge >= 0.3 is 0 Å². The van der Waals surface area contributed by atoms with Crippen molar-refractivity contribution in [3.63, 3.8) is 0 Å². The first-order valence-electron chi connectivity index (χ1n) is 6.58. The smallest absolute Gasteiger partial charge is 0.0922 e. The van der Waals surface area contributed by atoms with Gasteiger partial charge in [-0.1, -0.05) is 23.8 Å². The van der Waals surface area contributed by atoms with Crippen molar-refractivity contribution in [1.29, 1.82) is 0 Å². The van der Waals surface area contributed by atoms with Crippen LogP contribution >= 0.6 is 11.3 Å². The van der Waals surface area contributed by atoms with Crippen molar-refractivity contribution < 1.29 is 5.11 Å². The predicted molar refractivity (Wildman–Crippen MR) is 81.6 cm³/mol. The van der Waals surface area contributed by atoms with Crippen molar-refractivity contribution in [1.82, 2.24) is 5.32 Å². The summed E-state index contributed by atoms with van der Waals surface area (Å²) in [5.74, 6) is 0. The Balaban J connectivity index is 1.97. The largest absolute Gasteiger partial charge is 0.387 e. The van der Waals surface area contributed by atoms with Gasteiger partial charge in [-0.15, -0.1) is 0 Å². The van der Waals surface area contributed by atoms with Gasteiger partial charge in [0.25, 0.3) is 0 Å². The Kier molecular flexibility index (Phi) is 4.75. The number of aliphatic hydroxyl groups is 1. The average molecular weight is 275 g/mol. The molecule has 2 unspecified atom stereocenters. The molecule has 1 heterocycles. The number of aliphatic hydroxyl groups excluding tert-OH is 1. The van der Waals surface area contributed by atoms with Gasteiger partial charge in [0, 0.05) is 12.6 Å². The van der Waals surface area contributed by atoms with Gasteiger partial charge in [0.05, 0.1) is 6.10 Å². The molecule has 0 fully saturated rings. The quantitative estimate of drug-likeness (QED) is 0.871. The minimum atomic E-state index is -0.432. The monoisotopic (exact) mass is 275 g/mol. The van der Waals surface area contributed by atoms with E-state index in [2.05, 4.69) is 44.3 Å². The molecule has 0 radical (unpaired) electrons. The van der Waals surface area contributed by atoms with E-state index in [9.17, 15) is 5.11 Å². The fourth-order valence-corrected chi connectivity index (χ4v) is 2.91. The minimum absolute atomic E-state index is 0.244. The summed E-state index contributed by atoms with van der Waals surface area (Å²) in [7, 11) is 0. The molecule has 2 aromatic rings. The lowest BCUT2D eigenvalue weighted by molar-refractivity contribution is 0.171. The molecule has 3 heteroatoms. The summed E-state index contributed by atoms with van der Waals surface area (Å²) >= 11 is 1.62. The molecule has 0 amide bonds. The second-order valence-electron chi connectivity index (χ2n) is 5.06. The number of rotatable bonds is 5. The SMILES string of the molecule is Cc1ccc(C)c(C(C)NCC(O)c2ccsc2)c1. The van der Waals surface area contributed by atoms with Crippen LogP contribution in [0.1, 0.15) is 41.3 Å². The van der Waals surface area contributed by atoms with Crippen molar-refractivity contribution in [3.8, 4) is 0 Å². The number of nitrogens with one attached hydrogen (secondary N) is 1.